The molecule has 0 radical (unpaired) electrons. The third-order valence-electron chi connectivity index (χ3n) is 2.84. The number of hydrogen-bond donors (Lipinski definition) is 3. The van der Waals surface area contributed by atoms with Gasteiger partial charge in [-0.2, -0.15) is 25.8 Å². The van der Waals surface area contributed by atoms with E-state index in [9.17, 15) is 27.6 Å². The van der Waals surface area contributed by atoms with Gasteiger partial charge in [-0.05, 0) is 12.1 Å². The van der Waals surface area contributed by atoms with Gasteiger partial charge in [-0.15, -0.1) is 0 Å². The first-order valence-corrected chi connectivity index (χ1v) is 6.76. The first-order valence-electron chi connectivity index (χ1n) is 6.13. The maximum absolute atomic E-state index is 11.9. The number of carbonyl (C=O) groups excluding carboxylic acids is 2. The number of nitrogens with zero attached hydrogens (tertiary/aromatic N) is 1. The Morgan fingerprint density at radius 1 is 1.08 bits per heavy atom. The lowest BCUT2D eigenvalue weighted by Crippen LogP contribution is -2.46. The zero-order valence-corrected chi connectivity index (χ0v) is 12.5. The van der Waals surface area contributed by atoms with Gasteiger partial charge < -0.3 is 10.2 Å². The van der Waals surface area contributed by atoms with Gasteiger partial charge in [0.05, 0.1) is 11.1 Å². The second-order valence-electron chi connectivity index (χ2n) is 4.37. The molecular weight excluding hydrogens is 355 g/mol. The fraction of sp³-hybridized carbons (Fsp3) is 0.231. The fourth-order valence-electron chi connectivity index (χ4n) is 1.76. The number of aliphatic carboxylic acids is 2. The largest absolute Gasteiger partial charge is 0.490 e. The fourth-order valence-corrected chi connectivity index (χ4v) is 2.08. The summed E-state index contributed by atoms with van der Waals surface area (Å²) in [7, 11) is 0. The van der Waals surface area contributed by atoms with E-state index in [-0.39, 0.29) is 16.9 Å². The molecule has 7 nitrogen and oxygen atoms in total. The molecule has 2 amide bonds. The summed E-state index contributed by atoms with van der Waals surface area (Å²) < 4.78 is 31.7. The van der Waals surface area contributed by atoms with E-state index in [2.05, 4.69) is 12.6 Å². The Hall–Kier alpha value is -2.56. The van der Waals surface area contributed by atoms with E-state index in [0.717, 1.165) is 4.90 Å². The number of carboxylic acids is 2. The Morgan fingerprint density at radius 3 is 1.71 bits per heavy atom. The molecule has 0 fully saturated rings. The molecule has 0 unspecified atom stereocenters. The minimum Gasteiger partial charge on any atom is -0.480 e. The van der Waals surface area contributed by atoms with Gasteiger partial charge in [0.1, 0.15) is 6.04 Å². The van der Waals surface area contributed by atoms with Crippen LogP contribution in [0.15, 0.2) is 24.3 Å². The molecule has 11 heteroatoms. The van der Waals surface area contributed by atoms with Gasteiger partial charge in [0.15, 0.2) is 0 Å². The third kappa shape index (κ3) is 4.04. The van der Waals surface area contributed by atoms with Crippen molar-refractivity contribution in [3.05, 3.63) is 35.4 Å². The van der Waals surface area contributed by atoms with Crippen LogP contribution in [0.1, 0.15) is 20.7 Å². The first-order chi connectivity index (χ1) is 11.0. The predicted octanol–water partition coefficient (Wildman–Crippen LogP) is 1.30. The summed E-state index contributed by atoms with van der Waals surface area (Å²) in [5.74, 6) is -5.26. The summed E-state index contributed by atoms with van der Waals surface area (Å²) in [6.07, 6.45) is -5.08. The minimum absolute atomic E-state index is 0.110. The van der Waals surface area contributed by atoms with Crippen LogP contribution in [0.4, 0.5) is 13.2 Å². The SMILES string of the molecule is O=C(O)C(F)(F)F.O=C(O)[C@H](CS)N1C(=O)c2ccccc2C1=O. The molecule has 0 bridgehead atoms. The van der Waals surface area contributed by atoms with Gasteiger partial charge in [-0.3, -0.25) is 14.5 Å². The summed E-state index contributed by atoms with van der Waals surface area (Å²) in [5.41, 5.74) is 0.482. The number of halogens is 3. The summed E-state index contributed by atoms with van der Waals surface area (Å²) in [6.45, 7) is 0. The van der Waals surface area contributed by atoms with Crippen molar-refractivity contribution in [2.24, 2.45) is 0 Å². The highest BCUT2D eigenvalue weighted by molar-refractivity contribution is 7.80. The van der Waals surface area contributed by atoms with Crippen LogP contribution in [-0.2, 0) is 9.59 Å². The van der Waals surface area contributed by atoms with Crippen LogP contribution in [0.25, 0.3) is 0 Å². The Bertz CT molecular complexity index is 656. The zero-order valence-electron chi connectivity index (χ0n) is 11.6. The molecule has 1 aromatic rings. The van der Waals surface area contributed by atoms with Crippen molar-refractivity contribution in [1.29, 1.82) is 0 Å². The van der Waals surface area contributed by atoms with E-state index in [0.29, 0.717) is 0 Å². The number of thiol groups is 1. The van der Waals surface area contributed by atoms with E-state index >= 15 is 0 Å². The third-order valence-corrected chi connectivity index (χ3v) is 3.18. The Kier molecular flexibility index (Phi) is 5.96. The Labute approximate surface area is 138 Å². The number of carboxylic acid groups (broad SMARTS) is 2. The van der Waals surface area contributed by atoms with Crippen LogP contribution in [-0.4, -0.2) is 56.8 Å². The quantitative estimate of drug-likeness (QED) is 0.550. The maximum atomic E-state index is 11.9. The second kappa shape index (κ2) is 7.34. The number of alkyl halides is 3. The zero-order chi connectivity index (χ0) is 18.7. The first kappa shape index (κ1) is 19.5. The Morgan fingerprint density at radius 2 is 1.46 bits per heavy atom. The highest BCUT2D eigenvalue weighted by Crippen LogP contribution is 2.24. The number of fused-ring (bicyclic) bond motifs is 1. The summed E-state index contributed by atoms with van der Waals surface area (Å²) in [4.78, 5) is 44.5. The molecule has 130 valence electrons. The molecule has 1 aliphatic rings. The minimum atomic E-state index is -5.08. The molecule has 0 aromatic heterocycles. The van der Waals surface area contributed by atoms with Gasteiger partial charge >= 0.3 is 18.1 Å². The topological polar surface area (TPSA) is 112 Å². The van der Waals surface area contributed by atoms with Crippen LogP contribution in [0.2, 0.25) is 0 Å². The van der Waals surface area contributed by atoms with E-state index < -0.39 is 36.0 Å². The van der Waals surface area contributed by atoms with Gasteiger partial charge in [0.2, 0.25) is 0 Å². The highest BCUT2D eigenvalue weighted by Gasteiger charge is 2.42. The molecule has 0 saturated heterocycles. The molecule has 0 spiro atoms. The molecule has 1 atom stereocenters. The molecule has 1 aromatic carbocycles. The number of imide groups is 1. The number of rotatable bonds is 3. The van der Waals surface area contributed by atoms with Crippen LogP contribution in [0, 0.1) is 0 Å². The van der Waals surface area contributed by atoms with E-state index in [1.807, 2.05) is 0 Å². The van der Waals surface area contributed by atoms with E-state index in [4.69, 9.17) is 15.0 Å². The number of carbonyl (C=O) groups is 4. The molecule has 0 saturated carbocycles. The van der Waals surface area contributed by atoms with Crippen molar-refractivity contribution >= 4 is 36.4 Å². The number of benzene rings is 1. The molecule has 2 N–H and O–H groups in total. The molecular formula is C13H10F3NO6S. The second-order valence-corrected chi connectivity index (χ2v) is 4.73. The lowest BCUT2D eigenvalue weighted by molar-refractivity contribution is -0.192. The van der Waals surface area contributed by atoms with Gasteiger partial charge in [-0.25, -0.2) is 9.59 Å². The van der Waals surface area contributed by atoms with Gasteiger partial charge in [-0.1, -0.05) is 12.1 Å². The monoisotopic (exact) mass is 365 g/mol. The summed E-state index contributed by atoms with van der Waals surface area (Å²) >= 11 is 3.86. The lowest BCUT2D eigenvalue weighted by Gasteiger charge is -2.20. The molecule has 1 aliphatic heterocycles. The van der Waals surface area contributed by atoms with Crippen molar-refractivity contribution in [1.82, 2.24) is 4.90 Å². The average molecular weight is 365 g/mol. The van der Waals surface area contributed by atoms with Gasteiger partial charge in [0, 0.05) is 5.75 Å². The highest BCUT2D eigenvalue weighted by atomic mass is 32.1. The average Bonchev–Trinajstić information content (AvgIpc) is 2.73. The maximum Gasteiger partial charge on any atom is 0.490 e. The Balaban J connectivity index is 0.000000351. The lowest BCUT2D eigenvalue weighted by atomic mass is 10.1. The van der Waals surface area contributed by atoms with Crippen LogP contribution >= 0.6 is 12.6 Å². The number of amides is 2. The standard InChI is InChI=1S/C11H9NO4S.C2HF3O2/c13-9-6-3-1-2-4-7(6)10(14)12(9)8(5-17)11(15)16;3-2(4,5)1(6)7/h1-4,8,17H,5H2,(H,15,16);(H,6,7)/t8-;/m0./s1. The van der Waals surface area contributed by atoms with Crippen molar-refractivity contribution in [3.63, 3.8) is 0 Å². The molecule has 24 heavy (non-hydrogen) atoms. The van der Waals surface area contributed by atoms with Crippen LogP contribution in [0.5, 0.6) is 0 Å². The number of hydrogen-bond acceptors (Lipinski definition) is 5. The van der Waals surface area contributed by atoms with Crippen LogP contribution < -0.4 is 0 Å². The predicted molar refractivity (Wildman–Crippen MR) is 75.9 cm³/mol. The molecule has 2 rings (SSSR count). The summed E-state index contributed by atoms with van der Waals surface area (Å²) in [5, 5.41) is 16.1. The van der Waals surface area contributed by atoms with Gasteiger partial charge in [0.25, 0.3) is 11.8 Å². The van der Waals surface area contributed by atoms with Crippen molar-refractivity contribution in [2.75, 3.05) is 5.75 Å². The van der Waals surface area contributed by atoms with Crippen LogP contribution in [0.3, 0.4) is 0 Å². The van der Waals surface area contributed by atoms with Crippen molar-refractivity contribution < 1.29 is 42.6 Å². The normalized spacial score (nSPS) is 14.6. The smallest absolute Gasteiger partial charge is 0.480 e. The van der Waals surface area contributed by atoms with Crippen molar-refractivity contribution in [3.8, 4) is 0 Å². The van der Waals surface area contributed by atoms with E-state index in [1.54, 1.807) is 12.1 Å². The molecule has 1 heterocycles. The van der Waals surface area contributed by atoms with Crippen molar-refractivity contribution in [2.45, 2.75) is 12.2 Å². The molecule has 0 aliphatic carbocycles. The van der Waals surface area contributed by atoms with E-state index in [1.165, 1.54) is 12.1 Å². The summed E-state index contributed by atoms with van der Waals surface area (Å²) in [6, 6.07) is 5.04.